The fraction of sp³-hybridized carbons (Fsp3) is 0.167. The molecule has 0 amide bonds. The molecule has 1 N–H and O–H groups in total. The Bertz CT molecular complexity index is 409. The van der Waals surface area contributed by atoms with E-state index in [1.807, 2.05) is 36.4 Å². The average molecular weight is 203 g/mol. The van der Waals surface area contributed by atoms with Gasteiger partial charge in [-0.3, -0.25) is 0 Å². The van der Waals surface area contributed by atoms with Gasteiger partial charge in [-0.1, -0.05) is 12.1 Å². The molecule has 3 heteroatoms. The van der Waals surface area contributed by atoms with Crippen molar-refractivity contribution in [3.63, 3.8) is 0 Å². The summed E-state index contributed by atoms with van der Waals surface area (Å²) in [7, 11) is 1.66. The SMILES string of the molecule is COc1ccccc1NCc1ccco1. The Hall–Kier alpha value is -1.90. The van der Waals surface area contributed by atoms with Gasteiger partial charge >= 0.3 is 0 Å². The van der Waals surface area contributed by atoms with E-state index >= 15 is 0 Å². The van der Waals surface area contributed by atoms with E-state index in [9.17, 15) is 0 Å². The molecular weight excluding hydrogens is 190 g/mol. The second-order valence-electron chi connectivity index (χ2n) is 3.13. The summed E-state index contributed by atoms with van der Waals surface area (Å²) in [4.78, 5) is 0. The van der Waals surface area contributed by atoms with Gasteiger partial charge in [-0.15, -0.1) is 0 Å². The number of methoxy groups -OCH3 is 1. The van der Waals surface area contributed by atoms with Crippen LogP contribution in [0.1, 0.15) is 5.76 Å². The van der Waals surface area contributed by atoms with Crippen molar-refractivity contribution < 1.29 is 9.15 Å². The molecule has 1 heterocycles. The Morgan fingerprint density at radius 1 is 1.20 bits per heavy atom. The monoisotopic (exact) mass is 203 g/mol. The lowest BCUT2D eigenvalue weighted by Crippen LogP contribution is -1.99. The zero-order valence-corrected chi connectivity index (χ0v) is 8.57. The maximum atomic E-state index is 5.23. The molecule has 0 aliphatic rings. The summed E-state index contributed by atoms with van der Waals surface area (Å²) in [6.07, 6.45) is 1.67. The number of benzene rings is 1. The number of rotatable bonds is 4. The van der Waals surface area contributed by atoms with Gasteiger partial charge in [0.2, 0.25) is 0 Å². The van der Waals surface area contributed by atoms with Crippen LogP contribution in [-0.2, 0) is 6.54 Å². The molecule has 0 bridgehead atoms. The molecule has 0 unspecified atom stereocenters. The molecule has 2 aromatic rings. The van der Waals surface area contributed by atoms with E-state index in [0.717, 1.165) is 17.2 Å². The lowest BCUT2D eigenvalue weighted by Gasteiger charge is -2.09. The van der Waals surface area contributed by atoms with E-state index in [1.54, 1.807) is 13.4 Å². The molecule has 2 rings (SSSR count). The van der Waals surface area contributed by atoms with Gasteiger partial charge in [-0.25, -0.2) is 0 Å². The average Bonchev–Trinajstić information content (AvgIpc) is 2.79. The first-order valence-electron chi connectivity index (χ1n) is 4.79. The van der Waals surface area contributed by atoms with Crippen LogP contribution in [0.3, 0.4) is 0 Å². The minimum atomic E-state index is 0.660. The maximum Gasteiger partial charge on any atom is 0.141 e. The van der Waals surface area contributed by atoms with E-state index < -0.39 is 0 Å². The Morgan fingerprint density at radius 2 is 2.07 bits per heavy atom. The number of hydrogen-bond donors (Lipinski definition) is 1. The largest absolute Gasteiger partial charge is 0.495 e. The molecule has 78 valence electrons. The molecule has 0 saturated heterocycles. The van der Waals surface area contributed by atoms with E-state index in [-0.39, 0.29) is 0 Å². The van der Waals surface area contributed by atoms with E-state index in [4.69, 9.17) is 9.15 Å². The first kappa shape index (κ1) is 9.65. The summed E-state index contributed by atoms with van der Waals surface area (Å²) in [6, 6.07) is 11.6. The van der Waals surface area contributed by atoms with Gasteiger partial charge in [0.15, 0.2) is 0 Å². The lowest BCUT2D eigenvalue weighted by atomic mass is 10.3. The van der Waals surface area contributed by atoms with Crippen LogP contribution in [0, 0.1) is 0 Å². The number of hydrogen-bond acceptors (Lipinski definition) is 3. The summed E-state index contributed by atoms with van der Waals surface area (Å²) in [5, 5.41) is 3.25. The van der Waals surface area contributed by atoms with Crippen LogP contribution in [0.2, 0.25) is 0 Å². The molecule has 1 aromatic carbocycles. The molecule has 0 saturated carbocycles. The third-order valence-corrected chi connectivity index (χ3v) is 2.14. The number of nitrogens with one attached hydrogen (secondary N) is 1. The van der Waals surface area contributed by atoms with Crippen molar-refractivity contribution in [2.75, 3.05) is 12.4 Å². The predicted molar refractivity (Wildman–Crippen MR) is 59.0 cm³/mol. The van der Waals surface area contributed by atoms with Gasteiger partial charge in [0.1, 0.15) is 11.5 Å². The molecule has 0 aliphatic carbocycles. The molecule has 0 radical (unpaired) electrons. The molecule has 3 nitrogen and oxygen atoms in total. The quantitative estimate of drug-likeness (QED) is 0.829. The van der Waals surface area contributed by atoms with Crippen molar-refractivity contribution in [2.24, 2.45) is 0 Å². The lowest BCUT2D eigenvalue weighted by molar-refractivity contribution is 0.416. The van der Waals surface area contributed by atoms with Crippen molar-refractivity contribution >= 4 is 5.69 Å². The molecule has 0 aliphatic heterocycles. The highest BCUT2D eigenvalue weighted by molar-refractivity contribution is 5.56. The highest BCUT2D eigenvalue weighted by atomic mass is 16.5. The Morgan fingerprint density at radius 3 is 2.80 bits per heavy atom. The van der Waals surface area contributed by atoms with Crippen molar-refractivity contribution in [1.82, 2.24) is 0 Å². The Labute approximate surface area is 88.7 Å². The summed E-state index contributed by atoms with van der Waals surface area (Å²) < 4.78 is 10.4. The van der Waals surface area contributed by atoms with E-state index in [0.29, 0.717) is 6.54 Å². The molecule has 1 aromatic heterocycles. The highest BCUT2D eigenvalue weighted by Crippen LogP contribution is 2.23. The smallest absolute Gasteiger partial charge is 0.141 e. The number of ether oxygens (including phenoxy) is 1. The van der Waals surface area contributed by atoms with Crippen LogP contribution in [0.4, 0.5) is 5.69 Å². The first-order valence-corrected chi connectivity index (χ1v) is 4.79. The normalized spacial score (nSPS) is 9.93. The van der Waals surface area contributed by atoms with Crippen LogP contribution in [0.15, 0.2) is 47.1 Å². The fourth-order valence-electron chi connectivity index (χ4n) is 1.39. The maximum absolute atomic E-state index is 5.23. The van der Waals surface area contributed by atoms with Crippen molar-refractivity contribution in [3.05, 3.63) is 48.4 Å². The highest BCUT2D eigenvalue weighted by Gasteiger charge is 2.01. The van der Waals surface area contributed by atoms with Crippen molar-refractivity contribution in [2.45, 2.75) is 6.54 Å². The van der Waals surface area contributed by atoms with Crippen LogP contribution in [0.25, 0.3) is 0 Å². The minimum Gasteiger partial charge on any atom is -0.495 e. The van der Waals surface area contributed by atoms with Crippen LogP contribution in [-0.4, -0.2) is 7.11 Å². The van der Waals surface area contributed by atoms with Gasteiger partial charge in [0, 0.05) is 0 Å². The summed E-state index contributed by atoms with van der Waals surface area (Å²) in [5.74, 6) is 1.74. The molecule has 0 spiro atoms. The zero-order chi connectivity index (χ0) is 10.5. The number of furan rings is 1. The molecular formula is C12H13NO2. The summed E-state index contributed by atoms with van der Waals surface area (Å²) in [6.45, 7) is 0.660. The minimum absolute atomic E-state index is 0.660. The zero-order valence-electron chi connectivity index (χ0n) is 8.57. The molecule has 0 atom stereocenters. The number of para-hydroxylation sites is 2. The van der Waals surface area contributed by atoms with Gasteiger partial charge in [0.05, 0.1) is 25.6 Å². The first-order chi connectivity index (χ1) is 7.40. The van der Waals surface area contributed by atoms with Crippen LogP contribution in [0.5, 0.6) is 5.75 Å². The molecule has 0 fully saturated rings. The van der Waals surface area contributed by atoms with E-state index in [1.165, 1.54) is 0 Å². The standard InChI is InChI=1S/C12H13NO2/c1-14-12-7-3-2-6-11(12)13-9-10-5-4-8-15-10/h2-8,13H,9H2,1H3. The summed E-state index contributed by atoms with van der Waals surface area (Å²) >= 11 is 0. The van der Waals surface area contributed by atoms with Gasteiger partial charge in [0.25, 0.3) is 0 Å². The van der Waals surface area contributed by atoms with E-state index in [2.05, 4.69) is 5.32 Å². The topological polar surface area (TPSA) is 34.4 Å². The summed E-state index contributed by atoms with van der Waals surface area (Å²) in [5.41, 5.74) is 0.969. The second-order valence-corrected chi connectivity index (χ2v) is 3.13. The number of anilines is 1. The Balaban J connectivity index is 2.04. The fourth-order valence-corrected chi connectivity index (χ4v) is 1.39. The van der Waals surface area contributed by atoms with Gasteiger partial charge < -0.3 is 14.5 Å². The van der Waals surface area contributed by atoms with Crippen molar-refractivity contribution in [1.29, 1.82) is 0 Å². The van der Waals surface area contributed by atoms with Crippen LogP contribution < -0.4 is 10.1 Å². The molecule has 15 heavy (non-hydrogen) atoms. The third-order valence-electron chi connectivity index (χ3n) is 2.14. The van der Waals surface area contributed by atoms with Crippen LogP contribution >= 0.6 is 0 Å². The predicted octanol–water partition coefficient (Wildman–Crippen LogP) is 2.90. The Kier molecular flexibility index (Phi) is 2.93. The van der Waals surface area contributed by atoms with Gasteiger partial charge in [-0.2, -0.15) is 0 Å². The van der Waals surface area contributed by atoms with Crippen molar-refractivity contribution in [3.8, 4) is 5.75 Å². The van der Waals surface area contributed by atoms with Gasteiger partial charge in [-0.05, 0) is 24.3 Å². The third kappa shape index (κ3) is 2.31. The second kappa shape index (κ2) is 4.55.